The van der Waals surface area contributed by atoms with Gasteiger partial charge < -0.3 is 25.0 Å². The standard InChI is InChI=1S/C28H37F3N4O3/c1-37-24-7-6-23(19-25(24)38-2)34-16-14-33(15-17-34)20-26(36)35-12-9-27(8-11-32,10-13-35)21-4-3-5-22(18-21)28(29,30)31/h3-7,18-19H,8-17,20,32H2,1-2H3. The Morgan fingerprint density at radius 1 is 0.947 bits per heavy atom. The van der Waals surface area contributed by atoms with Crippen LogP contribution in [0.2, 0.25) is 0 Å². The van der Waals surface area contributed by atoms with Gasteiger partial charge in [0, 0.05) is 51.0 Å². The minimum Gasteiger partial charge on any atom is -0.493 e. The first kappa shape index (κ1) is 28.0. The molecule has 0 radical (unpaired) electrons. The van der Waals surface area contributed by atoms with E-state index in [1.807, 2.05) is 23.1 Å². The molecule has 38 heavy (non-hydrogen) atoms. The van der Waals surface area contributed by atoms with Crippen LogP contribution in [-0.4, -0.2) is 82.3 Å². The smallest absolute Gasteiger partial charge is 0.416 e. The Hall–Kier alpha value is -2.98. The lowest BCUT2D eigenvalue weighted by atomic mass is 9.70. The number of likely N-dealkylation sites (tertiary alicyclic amines) is 1. The Morgan fingerprint density at radius 2 is 1.63 bits per heavy atom. The highest BCUT2D eigenvalue weighted by molar-refractivity contribution is 5.78. The Kier molecular flexibility index (Phi) is 8.72. The fraction of sp³-hybridized carbons (Fsp3) is 0.536. The Balaban J connectivity index is 1.32. The number of alkyl halides is 3. The average Bonchev–Trinajstić information content (AvgIpc) is 2.93. The van der Waals surface area contributed by atoms with Crippen molar-refractivity contribution in [2.45, 2.75) is 30.9 Å². The molecule has 2 N–H and O–H groups in total. The minimum absolute atomic E-state index is 0.0648. The summed E-state index contributed by atoms with van der Waals surface area (Å²) in [5.74, 6) is 1.43. The van der Waals surface area contributed by atoms with Gasteiger partial charge in [-0.2, -0.15) is 13.2 Å². The zero-order valence-electron chi connectivity index (χ0n) is 22.1. The number of ether oxygens (including phenoxy) is 2. The highest BCUT2D eigenvalue weighted by Crippen LogP contribution is 2.41. The van der Waals surface area contributed by atoms with E-state index in [-0.39, 0.29) is 5.91 Å². The first-order valence-electron chi connectivity index (χ1n) is 13.0. The third-order valence-corrected chi connectivity index (χ3v) is 7.96. The molecular weight excluding hydrogens is 497 g/mol. The van der Waals surface area contributed by atoms with Crippen molar-refractivity contribution in [2.24, 2.45) is 5.73 Å². The molecule has 2 aliphatic rings. The number of carbonyl (C=O) groups excluding carboxylic acids is 1. The lowest BCUT2D eigenvalue weighted by Gasteiger charge is -2.43. The maximum Gasteiger partial charge on any atom is 0.416 e. The number of anilines is 1. The van der Waals surface area contributed by atoms with Gasteiger partial charge in [-0.1, -0.05) is 18.2 Å². The van der Waals surface area contributed by atoms with Crippen molar-refractivity contribution < 1.29 is 27.4 Å². The predicted octanol–water partition coefficient (Wildman–Crippen LogP) is 3.75. The van der Waals surface area contributed by atoms with Gasteiger partial charge in [0.05, 0.1) is 26.3 Å². The largest absolute Gasteiger partial charge is 0.493 e. The van der Waals surface area contributed by atoms with Crippen LogP contribution in [0.25, 0.3) is 0 Å². The molecular formula is C28H37F3N4O3. The second-order valence-electron chi connectivity index (χ2n) is 10.1. The second-order valence-corrected chi connectivity index (χ2v) is 10.1. The van der Waals surface area contributed by atoms with E-state index in [1.165, 1.54) is 12.1 Å². The van der Waals surface area contributed by atoms with Gasteiger partial charge in [-0.3, -0.25) is 9.69 Å². The average molecular weight is 535 g/mol. The highest BCUT2D eigenvalue weighted by atomic mass is 19.4. The summed E-state index contributed by atoms with van der Waals surface area (Å²) in [6.07, 6.45) is -2.59. The number of rotatable bonds is 8. The van der Waals surface area contributed by atoms with E-state index < -0.39 is 17.2 Å². The number of piperidine rings is 1. The summed E-state index contributed by atoms with van der Waals surface area (Å²) in [6.45, 7) is 4.85. The third-order valence-electron chi connectivity index (χ3n) is 7.96. The van der Waals surface area contributed by atoms with Gasteiger partial charge in [-0.15, -0.1) is 0 Å². The lowest BCUT2D eigenvalue weighted by molar-refractivity contribution is -0.137. The fourth-order valence-corrected chi connectivity index (χ4v) is 5.65. The summed E-state index contributed by atoms with van der Waals surface area (Å²) in [4.78, 5) is 19.4. The number of nitrogens with zero attached hydrogens (tertiary/aromatic N) is 3. The lowest BCUT2D eigenvalue weighted by Crippen LogP contribution is -2.52. The SMILES string of the molecule is COc1ccc(N2CCN(CC(=O)N3CCC(CCN)(c4cccc(C(F)(F)F)c4)CC3)CC2)cc1OC. The number of carbonyl (C=O) groups is 1. The van der Waals surface area contributed by atoms with Gasteiger partial charge >= 0.3 is 6.18 Å². The molecule has 0 spiro atoms. The third kappa shape index (κ3) is 6.18. The van der Waals surface area contributed by atoms with Crippen molar-refractivity contribution in [2.75, 3.05) is 71.5 Å². The molecule has 10 heteroatoms. The van der Waals surface area contributed by atoms with Gasteiger partial charge in [0.25, 0.3) is 0 Å². The molecule has 2 saturated heterocycles. The van der Waals surface area contributed by atoms with Crippen molar-refractivity contribution in [1.82, 2.24) is 9.80 Å². The zero-order valence-corrected chi connectivity index (χ0v) is 22.1. The molecule has 0 unspecified atom stereocenters. The van der Waals surface area contributed by atoms with E-state index in [1.54, 1.807) is 20.3 Å². The van der Waals surface area contributed by atoms with E-state index in [9.17, 15) is 18.0 Å². The van der Waals surface area contributed by atoms with Gasteiger partial charge in [0.1, 0.15) is 0 Å². The van der Waals surface area contributed by atoms with Gasteiger partial charge in [0.15, 0.2) is 11.5 Å². The number of piperazine rings is 1. The minimum atomic E-state index is -4.39. The molecule has 0 aromatic heterocycles. The molecule has 2 fully saturated rings. The van der Waals surface area contributed by atoms with Crippen LogP contribution in [0.3, 0.4) is 0 Å². The zero-order chi connectivity index (χ0) is 27.3. The van der Waals surface area contributed by atoms with Crippen LogP contribution in [0.15, 0.2) is 42.5 Å². The molecule has 7 nitrogen and oxygen atoms in total. The van der Waals surface area contributed by atoms with Crippen molar-refractivity contribution in [1.29, 1.82) is 0 Å². The van der Waals surface area contributed by atoms with Crippen LogP contribution in [0.5, 0.6) is 11.5 Å². The number of benzene rings is 2. The molecule has 2 aliphatic heterocycles. The van der Waals surface area contributed by atoms with E-state index in [0.717, 1.165) is 37.9 Å². The maximum absolute atomic E-state index is 13.3. The Labute approximate surface area is 222 Å². The first-order chi connectivity index (χ1) is 18.2. The summed E-state index contributed by atoms with van der Waals surface area (Å²) in [5.41, 5.74) is 6.51. The summed E-state index contributed by atoms with van der Waals surface area (Å²) < 4.78 is 50.7. The van der Waals surface area contributed by atoms with Crippen molar-refractivity contribution >= 4 is 11.6 Å². The summed E-state index contributed by atoms with van der Waals surface area (Å²) in [7, 11) is 3.23. The Bertz CT molecular complexity index is 1090. The van der Waals surface area contributed by atoms with Crippen LogP contribution in [0.1, 0.15) is 30.4 Å². The van der Waals surface area contributed by atoms with E-state index in [4.69, 9.17) is 15.2 Å². The molecule has 2 aromatic carbocycles. The summed E-state index contributed by atoms with van der Waals surface area (Å²) >= 11 is 0. The molecule has 2 aromatic rings. The van der Waals surface area contributed by atoms with Gasteiger partial charge in [-0.25, -0.2) is 0 Å². The number of methoxy groups -OCH3 is 2. The molecule has 0 saturated carbocycles. The number of hydrogen-bond acceptors (Lipinski definition) is 6. The molecule has 0 aliphatic carbocycles. The Morgan fingerprint density at radius 3 is 2.24 bits per heavy atom. The van der Waals surface area contributed by atoms with Crippen LogP contribution in [0, 0.1) is 0 Å². The highest BCUT2D eigenvalue weighted by Gasteiger charge is 2.39. The van der Waals surface area contributed by atoms with Crippen molar-refractivity contribution in [3.05, 3.63) is 53.6 Å². The molecule has 0 atom stereocenters. The van der Waals surface area contributed by atoms with Crippen LogP contribution >= 0.6 is 0 Å². The molecule has 4 rings (SSSR count). The van der Waals surface area contributed by atoms with E-state index >= 15 is 0 Å². The first-order valence-corrected chi connectivity index (χ1v) is 13.0. The normalized spacial score (nSPS) is 18.4. The topological polar surface area (TPSA) is 71.3 Å². The predicted molar refractivity (Wildman–Crippen MR) is 141 cm³/mol. The quantitative estimate of drug-likeness (QED) is 0.556. The molecule has 0 bridgehead atoms. The molecule has 208 valence electrons. The molecule has 2 heterocycles. The van der Waals surface area contributed by atoms with E-state index in [2.05, 4.69) is 9.80 Å². The maximum atomic E-state index is 13.3. The van der Waals surface area contributed by atoms with Crippen molar-refractivity contribution in [3.63, 3.8) is 0 Å². The fourth-order valence-electron chi connectivity index (χ4n) is 5.65. The summed E-state index contributed by atoms with van der Waals surface area (Å²) in [6, 6.07) is 11.5. The van der Waals surface area contributed by atoms with Crippen LogP contribution in [-0.2, 0) is 16.4 Å². The second kappa shape index (κ2) is 11.8. The monoisotopic (exact) mass is 534 g/mol. The summed E-state index contributed by atoms with van der Waals surface area (Å²) in [5, 5.41) is 0. The van der Waals surface area contributed by atoms with Crippen LogP contribution in [0.4, 0.5) is 18.9 Å². The molecule has 1 amide bonds. The number of amides is 1. The van der Waals surface area contributed by atoms with E-state index in [0.29, 0.717) is 62.5 Å². The number of halogens is 3. The van der Waals surface area contributed by atoms with Gasteiger partial charge in [0.2, 0.25) is 5.91 Å². The number of hydrogen-bond donors (Lipinski definition) is 1. The van der Waals surface area contributed by atoms with Crippen LogP contribution < -0.4 is 20.1 Å². The number of nitrogens with two attached hydrogens (primary N) is 1. The van der Waals surface area contributed by atoms with Crippen molar-refractivity contribution in [3.8, 4) is 11.5 Å². The van der Waals surface area contributed by atoms with Gasteiger partial charge in [-0.05, 0) is 55.0 Å².